The minimum atomic E-state index is -1.69. The molecule has 18 heteroatoms. The summed E-state index contributed by atoms with van der Waals surface area (Å²) in [4.78, 5) is 14.5. The van der Waals surface area contributed by atoms with Crippen LogP contribution in [0.3, 0.4) is 0 Å². The van der Waals surface area contributed by atoms with Crippen molar-refractivity contribution in [1.82, 2.24) is 26.2 Å². The Morgan fingerprint density at radius 3 is 2.02 bits per heavy atom. The molecule has 3 rings (SSSR count). The summed E-state index contributed by atoms with van der Waals surface area (Å²) < 4.78 is 23.7. The molecular weight excluding hydrogens is 602 g/mol. The van der Waals surface area contributed by atoms with E-state index < -0.39 is 110 Å². The molecule has 12 N–H and O–H groups in total. The molecule has 18 nitrogen and oxygen atoms in total. The van der Waals surface area contributed by atoms with Gasteiger partial charge in [-0.25, -0.2) is 0 Å². The summed E-state index contributed by atoms with van der Waals surface area (Å²) >= 11 is 0. The number of carbonyl (C=O) groups excluding carboxylic acids is 1. The molecule has 0 aromatic heterocycles. The molecule has 15 unspecified atom stereocenters. The van der Waals surface area contributed by atoms with E-state index in [4.69, 9.17) is 18.9 Å². The van der Waals surface area contributed by atoms with Gasteiger partial charge in [0.1, 0.15) is 67.1 Å². The molecule has 0 aromatic rings. The summed E-state index contributed by atoms with van der Waals surface area (Å²) in [5.41, 5.74) is 0. The van der Waals surface area contributed by atoms with Gasteiger partial charge in [0.05, 0.1) is 18.7 Å². The maximum atomic E-state index is 13.3. The van der Waals surface area contributed by atoms with Crippen LogP contribution in [0, 0.1) is 0 Å². The fourth-order valence-corrected chi connectivity index (χ4v) is 6.24. The van der Waals surface area contributed by atoms with Crippen molar-refractivity contribution in [3.63, 3.8) is 0 Å². The highest BCUT2D eigenvalue weighted by Crippen LogP contribution is 2.34. The molecule has 45 heavy (non-hydrogen) atoms. The van der Waals surface area contributed by atoms with E-state index in [1.165, 1.54) is 19.0 Å². The number of aliphatic hydroxyl groups excluding tert-OH is 8. The monoisotopic (exact) mass is 655 g/mol. The second-order valence-corrected chi connectivity index (χ2v) is 11.8. The van der Waals surface area contributed by atoms with Crippen molar-refractivity contribution in [2.45, 2.75) is 111 Å². The number of nitrogens with zero attached hydrogens (tertiary/aromatic N) is 1. The molecule has 0 aromatic carbocycles. The van der Waals surface area contributed by atoms with Gasteiger partial charge in [0.15, 0.2) is 12.6 Å². The average Bonchev–Trinajstić information content (AvgIpc) is 3.03. The number of likely N-dealkylation sites (N-methyl/N-ethyl adjacent to an activating group) is 4. The fraction of sp³-hybridized carbons (Fsp3) is 0.963. The maximum Gasteiger partial charge on any atom is 0.251 e. The lowest BCUT2D eigenvalue weighted by Gasteiger charge is -2.51. The number of aliphatic hydroxyl groups is 8. The van der Waals surface area contributed by atoms with Gasteiger partial charge >= 0.3 is 0 Å². The van der Waals surface area contributed by atoms with Crippen molar-refractivity contribution in [2.24, 2.45) is 0 Å². The van der Waals surface area contributed by atoms with Gasteiger partial charge in [0, 0.05) is 19.6 Å². The van der Waals surface area contributed by atoms with Crippen LogP contribution in [0.2, 0.25) is 0 Å². The van der Waals surface area contributed by atoms with E-state index >= 15 is 0 Å². The van der Waals surface area contributed by atoms with Crippen molar-refractivity contribution in [3.8, 4) is 0 Å². The van der Waals surface area contributed by atoms with E-state index in [0.29, 0.717) is 6.54 Å². The third-order valence-electron chi connectivity index (χ3n) is 8.99. The molecule has 3 fully saturated rings. The van der Waals surface area contributed by atoms with Crippen LogP contribution in [0.15, 0.2) is 0 Å². The van der Waals surface area contributed by atoms with Gasteiger partial charge in [-0.2, -0.15) is 0 Å². The summed E-state index contributed by atoms with van der Waals surface area (Å²) in [6, 6.07) is -2.62. The third kappa shape index (κ3) is 8.47. The molecule has 2 saturated heterocycles. The van der Waals surface area contributed by atoms with Crippen LogP contribution in [0.5, 0.6) is 0 Å². The molecule has 0 spiro atoms. The molecule has 2 heterocycles. The van der Waals surface area contributed by atoms with E-state index in [0.717, 1.165) is 0 Å². The molecule has 2 aliphatic heterocycles. The first-order valence-corrected chi connectivity index (χ1v) is 15.3. The smallest absolute Gasteiger partial charge is 0.251 e. The molecule has 1 amide bonds. The highest BCUT2D eigenvalue weighted by Gasteiger charge is 2.54. The zero-order chi connectivity index (χ0) is 33.6. The Balaban J connectivity index is 1.95. The van der Waals surface area contributed by atoms with Crippen LogP contribution in [0.1, 0.15) is 12.8 Å². The van der Waals surface area contributed by atoms with E-state index in [2.05, 4.69) is 21.3 Å². The summed E-state index contributed by atoms with van der Waals surface area (Å²) in [6.07, 6.45) is -17.9. The number of hydrogen-bond acceptors (Lipinski definition) is 17. The third-order valence-corrected chi connectivity index (χ3v) is 8.99. The van der Waals surface area contributed by atoms with Gasteiger partial charge in [-0.15, -0.1) is 0 Å². The standard InChI is InChI=1S/C27H53N5O13/c1-28-7-6-13(34)25(41)32(5)12-8-11(30-3)23(44-27-21(39)20(38)18(36)14(42-27)9-29-2)22(40)24(12)45-26-19(37)16(31-4)17(35)15(10-33)43-26/h11-24,26-31,33-40H,6-10H2,1-5H3/t11?,12?,13-,14?,15?,16?,17?,18?,19?,20?,21?,22?,23?,24?,26?,27?/m0/s1. The number of rotatable bonds is 14. The summed E-state index contributed by atoms with van der Waals surface area (Å²) in [5, 5.41) is 96.8. The number of nitrogens with one attached hydrogen (secondary N) is 4. The second kappa shape index (κ2) is 17.3. The molecule has 3 aliphatic rings. The molecule has 264 valence electrons. The molecule has 1 aliphatic carbocycles. The predicted octanol–water partition coefficient (Wildman–Crippen LogP) is -7.04. The first kappa shape index (κ1) is 38.3. The zero-order valence-corrected chi connectivity index (χ0v) is 26.3. The fourth-order valence-electron chi connectivity index (χ4n) is 6.24. The van der Waals surface area contributed by atoms with Crippen molar-refractivity contribution < 1.29 is 64.6 Å². The lowest BCUT2D eigenvalue weighted by Crippen LogP contribution is -2.70. The van der Waals surface area contributed by atoms with Crippen LogP contribution in [0.25, 0.3) is 0 Å². The molecule has 0 radical (unpaired) electrons. The van der Waals surface area contributed by atoms with Gasteiger partial charge in [-0.05, 0) is 47.6 Å². The zero-order valence-electron chi connectivity index (χ0n) is 26.3. The molecule has 0 bridgehead atoms. The van der Waals surface area contributed by atoms with Gasteiger partial charge in [-0.1, -0.05) is 0 Å². The normalized spacial score (nSPS) is 43.2. The van der Waals surface area contributed by atoms with Crippen molar-refractivity contribution >= 4 is 5.91 Å². The van der Waals surface area contributed by atoms with Crippen molar-refractivity contribution in [2.75, 3.05) is 54.9 Å². The maximum absolute atomic E-state index is 13.3. The quantitative estimate of drug-likeness (QED) is 0.0829. The van der Waals surface area contributed by atoms with Crippen LogP contribution >= 0.6 is 0 Å². The summed E-state index contributed by atoms with van der Waals surface area (Å²) in [7, 11) is 7.82. The Hall–Kier alpha value is -1.17. The van der Waals surface area contributed by atoms with Gasteiger partial charge in [0.25, 0.3) is 5.91 Å². The minimum Gasteiger partial charge on any atom is -0.394 e. The predicted molar refractivity (Wildman–Crippen MR) is 156 cm³/mol. The summed E-state index contributed by atoms with van der Waals surface area (Å²) in [5.74, 6) is -0.648. The number of carbonyl (C=O) groups is 1. The highest BCUT2D eigenvalue weighted by molar-refractivity contribution is 5.80. The van der Waals surface area contributed by atoms with E-state index in [1.54, 1.807) is 21.1 Å². The first-order valence-electron chi connectivity index (χ1n) is 15.3. The number of hydrogen-bond donors (Lipinski definition) is 12. The number of ether oxygens (including phenoxy) is 4. The van der Waals surface area contributed by atoms with Crippen LogP contribution in [-0.2, 0) is 23.7 Å². The molecular formula is C27H53N5O13. The first-order chi connectivity index (χ1) is 21.4. The Bertz CT molecular complexity index is 913. The lowest BCUT2D eigenvalue weighted by molar-refractivity contribution is -0.336. The van der Waals surface area contributed by atoms with E-state index in [9.17, 15) is 45.6 Å². The molecule has 1 saturated carbocycles. The Labute approximate surface area is 262 Å². The number of amides is 1. The van der Waals surface area contributed by atoms with E-state index in [-0.39, 0.29) is 19.4 Å². The van der Waals surface area contributed by atoms with Gasteiger partial charge in [0.2, 0.25) is 0 Å². The SMILES string of the molecule is CNCC[C@H](O)C(=O)N(C)C1CC(NC)C(OC2OC(CNC)C(O)C(O)C2O)C(O)C1OC1OC(CO)C(O)C(NC)C1O. The Morgan fingerprint density at radius 1 is 0.822 bits per heavy atom. The lowest BCUT2D eigenvalue weighted by atomic mass is 9.82. The van der Waals surface area contributed by atoms with Gasteiger partial charge in [-0.3, -0.25) is 4.79 Å². The topological polar surface area (TPSA) is 267 Å². The second-order valence-electron chi connectivity index (χ2n) is 11.8. The van der Waals surface area contributed by atoms with Crippen LogP contribution in [0.4, 0.5) is 0 Å². The van der Waals surface area contributed by atoms with Gasteiger partial charge < -0.3 is 86.0 Å². The largest absolute Gasteiger partial charge is 0.394 e. The highest BCUT2D eigenvalue weighted by atomic mass is 16.7. The average molecular weight is 656 g/mol. The molecule has 16 atom stereocenters. The van der Waals surface area contributed by atoms with Crippen LogP contribution in [-0.4, -0.2) is 204 Å². The Morgan fingerprint density at radius 2 is 1.44 bits per heavy atom. The minimum absolute atomic E-state index is 0.0716. The summed E-state index contributed by atoms with van der Waals surface area (Å²) in [6.45, 7) is -0.128. The van der Waals surface area contributed by atoms with E-state index in [1.807, 2.05) is 0 Å². The van der Waals surface area contributed by atoms with Crippen molar-refractivity contribution in [3.05, 3.63) is 0 Å². The van der Waals surface area contributed by atoms with Crippen LogP contribution < -0.4 is 21.3 Å². The Kier molecular flexibility index (Phi) is 14.7. The van der Waals surface area contributed by atoms with Crippen molar-refractivity contribution in [1.29, 1.82) is 0 Å².